The molecule has 0 radical (unpaired) electrons. The summed E-state index contributed by atoms with van der Waals surface area (Å²) in [6.45, 7) is 1.57. The van der Waals surface area contributed by atoms with Crippen LogP contribution in [-0.2, 0) is 4.74 Å². The largest absolute Gasteiger partial charge is 0.508 e. The Bertz CT molecular complexity index is 504. The molecule has 2 rings (SSSR count). The van der Waals surface area contributed by atoms with Crippen LogP contribution in [-0.4, -0.2) is 34.9 Å². The van der Waals surface area contributed by atoms with Crippen LogP contribution in [0.2, 0.25) is 0 Å². The Balaban J connectivity index is 1.43. The van der Waals surface area contributed by atoms with E-state index in [4.69, 9.17) is 4.74 Å². The molecule has 0 saturated heterocycles. The second kappa shape index (κ2) is 10.5. The van der Waals surface area contributed by atoms with Crippen LogP contribution < -0.4 is 0 Å². The molecule has 2 aromatic carbocycles. The zero-order chi connectivity index (χ0) is 16.3. The Morgan fingerprint density at radius 2 is 1.04 bits per heavy atom. The van der Waals surface area contributed by atoms with E-state index in [1.807, 2.05) is 24.3 Å². The van der Waals surface area contributed by atoms with Crippen LogP contribution in [0.1, 0.15) is 12.8 Å². The van der Waals surface area contributed by atoms with Crippen LogP contribution in [0.3, 0.4) is 0 Å². The molecule has 0 spiro atoms. The minimum absolute atomic E-state index is 0.308. The number of aromatic hydroxyl groups is 2. The van der Waals surface area contributed by atoms with E-state index in [9.17, 15) is 10.2 Å². The Morgan fingerprint density at radius 1 is 0.652 bits per heavy atom. The van der Waals surface area contributed by atoms with Gasteiger partial charge < -0.3 is 14.9 Å². The topological polar surface area (TPSA) is 49.7 Å². The molecule has 124 valence electrons. The van der Waals surface area contributed by atoms with Gasteiger partial charge in [0.15, 0.2) is 0 Å². The first-order valence-electron chi connectivity index (χ1n) is 7.65. The van der Waals surface area contributed by atoms with Gasteiger partial charge in [0.05, 0.1) is 0 Å². The van der Waals surface area contributed by atoms with Crippen molar-refractivity contribution < 1.29 is 14.9 Å². The summed E-state index contributed by atoms with van der Waals surface area (Å²) in [5.74, 6) is 2.66. The van der Waals surface area contributed by atoms with E-state index in [0.717, 1.165) is 37.6 Å². The highest BCUT2D eigenvalue weighted by atomic mass is 32.2. The Hall–Kier alpha value is -1.30. The fourth-order valence-electron chi connectivity index (χ4n) is 1.89. The van der Waals surface area contributed by atoms with Crippen molar-refractivity contribution in [2.24, 2.45) is 0 Å². The minimum atomic E-state index is 0.308. The van der Waals surface area contributed by atoms with E-state index in [1.54, 1.807) is 47.8 Å². The summed E-state index contributed by atoms with van der Waals surface area (Å²) in [5, 5.41) is 18.4. The molecule has 3 nitrogen and oxygen atoms in total. The highest BCUT2D eigenvalue weighted by Crippen LogP contribution is 2.22. The van der Waals surface area contributed by atoms with Gasteiger partial charge in [-0.1, -0.05) is 0 Å². The molecule has 0 fully saturated rings. The van der Waals surface area contributed by atoms with E-state index < -0.39 is 0 Å². The molecule has 0 aromatic heterocycles. The van der Waals surface area contributed by atoms with Gasteiger partial charge in [0.2, 0.25) is 0 Å². The first kappa shape index (κ1) is 18.0. The molecule has 0 aliphatic heterocycles. The van der Waals surface area contributed by atoms with Crippen molar-refractivity contribution in [3.8, 4) is 11.5 Å². The number of thioether (sulfide) groups is 2. The first-order valence-corrected chi connectivity index (χ1v) is 9.62. The smallest absolute Gasteiger partial charge is 0.115 e. The first-order chi connectivity index (χ1) is 11.2. The third kappa shape index (κ3) is 7.68. The highest BCUT2D eigenvalue weighted by molar-refractivity contribution is 7.99. The predicted molar refractivity (Wildman–Crippen MR) is 97.7 cm³/mol. The number of ether oxygens (including phenoxy) is 1. The highest BCUT2D eigenvalue weighted by Gasteiger charge is 1.97. The number of hydrogen-bond donors (Lipinski definition) is 2. The summed E-state index contributed by atoms with van der Waals surface area (Å²) in [4.78, 5) is 2.35. The van der Waals surface area contributed by atoms with Crippen LogP contribution in [0.4, 0.5) is 0 Å². The summed E-state index contributed by atoms with van der Waals surface area (Å²) in [6.07, 6.45) is 2.05. The van der Waals surface area contributed by atoms with Gasteiger partial charge in [-0.3, -0.25) is 0 Å². The molecular weight excluding hydrogens is 328 g/mol. The normalized spacial score (nSPS) is 10.8. The Labute approximate surface area is 146 Å². The monoisotopic (exact) mass is 350 g/mol. The molecule has 2 aromatic rings. The van der Waals surface area contributed by atoms with Gasteiger partial charge in [0, 0.05) is 34.5 Å². The number of rotatable bonds is 10. The second-order valence-corrected chi connectivity index (χ2v) is 7.34. The van der Waals surface area contributed by atoms with Crippen LogP contribution in [0.25, 0.3) is 0 Å². The lowest BCUT2D eigenvalue weighted by atomic mass is 10.3. The number of phenols is 2. The van der Waals surface area contributed by atoms with Gasteiger partial charge in [-0.05, 0) is 61.4 Å². The van der Waals surface area contributed by atoms with Crippen molar-refractivity contribution in [1.29, 1.82) is 0 Å². The van der Waals surface area contributed by atoms with Crippen molar-refractivity contribution in [1.82, 2.24) is 0 Å². The average Bonchev–Trinajstić information content (AvgIpc) is 2.56. The van der Waals surface area contributed by atoms with Crippen LogP contribution in [0, 0.1) is 0 Å². The summed E-state index contributed by atoms with van der Waals surface area (Å²) >= 11 is 3.56. The van der Waals surface area contributed by atoms with E-state index >= 15 is 0 Å². The van der Waals surface area contributed by atoms with Crippen LogP contribution >= 0.6 is 23.5 Å². The van der Waals surface area contributed by atoms with Gasteiger partial charge in [0.1, 0.15) is 11.5 Å². The maximum atomic E-state index is 9.21. The van der Waals surface area contributed by atoms with E-state index in [2.05, 4.69) is 0 Å². The van der Waals surface area contributed by atoms with Gasteiger partial charge in [0.25, 0.3) is 0 Å². The quantitative estimate of drug-likeness (QED) is 0.477. The zero-order valence-corrected chi connectivity index (χ0v) is 14.6. The van der Waals surface area contributed by atoms with Gasteiger partial charge in [-0.25, -0.2) is 0 Å². The molecule has 0 heterocycles. The summed E-state index contributed by atoms with van der Waals surface area (Å²) < 4.78 is 5.64. The number of benzene rings is 2. The number of hydrogen-bond acceptors (Lipinski definition) is 5. The van der Waals surface area contributed by atoms with Crippen molar-refractivity contribution in [2.45, 2.75) is 22.6 Å². The molecule has 2 N–H and O–H groups in total. The molecule has 0 atom stereocenters. The zero-order valence-electron chi connectivity index (χ0n) is 13.0. The molecular formula is C18H22O3S2. The molecule has 0 bridgehead atoms. The molecule has 23 heavy (non-hydrogen) atoms. The lowest BCUT2D eigenvalue weighted by Crippen LogP contribution is -1.99. The third-order valence-corrected chi connectivity index (χ3v) is 5.27. The van der Waals surface area contributed by atoms with Crippen LogP contribution in [0.5, 0.6) is 11.5 Å². The standard InChI is InChI=1S/C18H22O3S2/c19-15-3-7-17(8-4-15)22-13-1-11-21-12-2-14-23-18-9-5-16(20)6-10-18/h3-10,19-20H,1-2,11-14H2. The van der Waals surface area contributed by atoms with Crippen molar-refractivity contribution >= 4 is 23.5 Å². The van der Waals surface area contributed by atoms with Crippen LogP contribution in [0.15, 0.2) is 58.3 Å². The van der Waals surface area contributed by atoms with Gasteiger partial charge >= 0.3 is 0 Å². The Morgan fingerprint density at radius 3 is 1.43 bits per heavy atom. The molecule has 0 aliphatic rings. The van der Waals surface area contributed by atoms with Crippen molar-refractivity contribution in [3.63, 3.8) is 0 Å². The second-order valence-electron chi connectivity index (χ2n) is 5.00. The maximum Gasteiger partial charge on any atom is 0.115 e. The fraction of sp³-hybridized carbons (Fsp3) is 0.333. The minimum Gasteiger partial charge on any atom is -0.508 e. The SMILES string of the molecule is Oc1ccc(SCCCOCCCSc2ccc(O)cc2)cc1. The summed E-state index contributed by atoms with van der Waals surface area (Å²) in [5.41, 5.74) is 0. The van der Waals surface area contributed by atoms with E-state index in [0.29, 0.717) is 11.5 Å². The maximum absolute atomic E-state index is 9.21. The van der Waals surface area contributed by atoms with Gasteiger partial charge in [-0.2, -0.15) is 0 Å². The van der Waals surface area contributed by atoms with Gasteiger partial charge in [-0.15, -0.1) is 23.5 Å². The lowest BCUT2D eigenvalue weighted by Gasteiger charge is -2.05. The number of phenolic OH excluding ortho intramolecular Hbond substituents is 2. The molecule has 0 amide bonds. The Kier molecular flexibility index (Phi) is 8.21. The van der Waals surface area contributed by atoms with Crippen molar-refractivity contribution in [2.75, 3.05) is 24.7 Å². The summed E-state index contributed by atoms with van der Waals surface area (Å²) in [6, 6.07) is 14.6. The van der Waals surface area contributed by atoms with Crippen molar-refractivity contribution in [3.05, 3.63) is 48.5 Å². The summed E-state index contributed by atoms with van der Waals surface area (Å²) in [7, 11) is 0. The van der Waals surface area contributed by atoms with E-state index in [1.165, 1.54) is 9.79 Å². The molecule has 5 heteroatoms. The fourth-order valence-corrected chi connectivity index (χ4v) is 3.54. The predicted octanol–water partition coefficient (Wildman–Crippen LogP) is 4.78. The van der Waals surface area contributed by atoms with E-state index in [-0.39, 0.29) is 0 Å². The molecule has 0 unspecified atom stereocenters. The molecule has 0 aliphatic carbocycles. The molecule has 0 saturated carbocycles. The lowest BCUT2D eigenvalue weighted by molar-refractivity contribution is 0.137. The third-order valence-electron chi connectivity index (χ3n) is 3.08. The average molecular weight is 351 g/mol.